The Balaban J connectivity index is 1.65. The summed E-state index contributed by atoms with van der Waals surface area (Å²) in [5.41, 5.74) is 1.19. The Bertz CT molecular complexity index is 1500. The van der Waals surface area contributed by atoms with Gasteiger partial charge in [-0.1, -0.05) is 13.3 Å². The minimum Gasteiger partial charge on any atom is -0.487 e. The van der Waals surface area contributed by atoms with Gasteiger partial charge in [-0.25, -0.2) is 8.42 Å². The van der Waals surface area contributed by atoms with Gasteiger partial charge < -0.3 is 34.7 Å². The quantitative estimate of drug-likeness (QED) is 0.189. The van der Waals surface area contributed by atoms with Gasteiger partial charge in [-0.15, -0.1) is 0 Å². The standard InChI is InChI=1S/C27H31NO11S/c1-3-4-5-18-19(16-12-14(28-40(2,36)37)8-11-17(16)39-18)21(29)13-6-9-15(10-7-13)38-26-20(27(34)35)22(30)23(31)24(32)25(26)33/h6-12,20,22-26,28,30-33H,3-5H2,1-2H3,(H,34,35)/t20-,22-,23+,24-,25?,26?/m1/s1. The highest BCUT2D eigenvalue weighted by Crippen LogP contribution is 2.33. The monoisotopic (exact) mass is 577 g/mol. The molecule has 2 aromatic carbocycles. The highest BCUT2D eigenvalue weighted by atomic mass is 32.2. The average molecular weight is 578 g/mol. The van der Waals surface area contributed by atoms with Crippen molar-refractivity contribution in [3.63, 3.8) is 0 Å². The summed E-state index contributed by atoms with van der Waals surface area (Å²) in [6.45, 7) is 1.99. The molecule has 2 unspecified atom stereocenters. The summed E-state index contributed by atoms with van der Waals surface area (Å²) in [7, 11) is -3.56. The zero-order valence-electron chi connectivity index (χ0n) is 21.7. The Morgan fingerprint density at radius 3 is 2.23 bits per heavy atom. The van der Waals surface area contributed by atoms with E-state index in [2.05, 4.69) is 4.72 Å². The first-order valence-electron chi connectivity index (χ1n) is 12.6. The number of carboxylic acids is 1. The number of carbonyl (C=O) groups excluding carboxylic acids is 1. The molecule has 1 saturated carbocycles. The molecular weight excluding hydrogens is 546 g/mol. The number of rotatable bonds is 10. The first-order valence-corrected chi connectivity index (χ1v) is 14.5. The Labute approximate surface area is 229 Å². The van der Waals surface area contributed by atoms with Crippen molar-refractivity contribution in [1.82, 2.24) is 0 Å². The Morgan fingerprint density at radius 1 is 0.975 bits per heavy atom. The summed E-state index contributed by atoms with van der Waals surface area (Å²) < 4.78 is 37.4. The molecule has 0 aliphatic heterocycles. The molecule has 1 aromatic heterocycles. The number of furan rings is 1. The van der Waals surface area contributed by atoms with Crippen LogP contribution in [0.2, 0.25) is 0 Å². The van der Waals surface area contributed by atoms with Gasteiger partial charge in [0.25, 0.3) is 0 Å². The van der Waals surface area contributed by atoms with Crippen LogP contribution in [0.25, 0.3) is 11.0 Å². The van der Waals surface area contributed by atoms with Gasteiger partial charge in [0.15, 0.2) is 5.78 Å². The highest BCUT2D eigenvalue weighted by Gasteiger charge is 2.53. The van der Waals surface area contributed by atoms with E-state index in [4.69, 9.17) is 9.15 Å². The van der Waals surface area contributed by atoms with E-state index in [0.717, 1.165) is 19.1 Å². The normalized spacial score (nSPS) is 25.1. The smallest absolute Gasteiger partial charge is 0.313 e. The highest BCUT2D eigenvalue weighted by molar-refractivity contribution is 7.92. The number of aliphatic carboxylic acids is 1. The van der Waals surface area contributed by atoms with Crippen LogP contribution in [0.1, 0.15) is 41.4 Å². The lowest BCUT2D eigenvalue weighted by Gasteiger charge is -2.42. The Kier molecular flexibility index (Phi) is 8.52. The molecule has 1 heterocycles. The van der Waals surface area contributed by atoms with Crippen LogP contribution in [0, 0.1) is 5.92 Å². The number of ketones is 1. The van der Waals surface area contributed by atoms with Crippen LogP contribution in [0.15, 0.2) is 46.9 Å². The van der Waals surface area contributed by atoms with Crippen molar-refractivity contribution in [3.05, 3.63) is 59.4 Å². The molecule has 3 aromatic rings. The maximum Gasteiger partial charge on any atom is 0.313 e. The zero-order valence-corrected chi connectivity index (χ0v) is 22.5. The van der Waals surface area contributed by atoms with Crippen LogP contribution >= 0.6 is 0 Å². The third-order valence-electron chi connectivity index (χ3n) is 6.83. The van der Waals surface area contributed by atoms with Crippen LogP contribution in [-0.4, -0.2) is 82.5 Å². The molecule has 0 amide bonds. The lowest BCUT2D eigenvalue weighted by Crippen LogP contribution is -2.64. The number of sulfonamides is 1. The molecule has 1 aliphatic carbocycles. The van der Waals surface area contributed by atoms with Gasteiger partial charge in [0.2, 0.25) is 10.0 Å². The number of unbranched alkanes of at least 4 members (excludes halogenated alkanes) is 1. The van der Waals surface area contributed by atoms with E-state index in [0.29, 0.717) is 23.2 Å². The number of benzene rings is 2. The maximum absolute atomic E-state index is 13.7. The Morgan fingerprint density at radius 2 is 1.62 bits per heavy atom. The van der Waals surface area contributed by atoms with Gasteiger partial charge in [0, 0.05) is 23.1 Å². The number of hydrogen-bond donors (Lipinski definition) is 6. The molecule has 40 heavy (non-hydrogen) atoms. The summed E-state index contributed by atoms with van der Waals surface area (Å²) in [5.74, 6) is -3.17. The molecule has 13 heteroatoms. The lowest BCUT2D eigenvalue weighted by atomic mass is 9.78. The van der Waals surface area contributed by atoms with Gasteiger partial charge >= 0.3 is 5.97 Å². The predicted molar refractivity (Wildman–Crippen MR) is 143 cm³/mol. The predicted octanol–water partition coefficient (Wildman–Crippen LogP) is 1.28. The number of aliphatic hydroxyl groups is 4. The van der Waals surface area contributed by atoms with Crippen molar-refractivity contribution < 1.29 is 52.7 Å². The number of anilines is 1. The van der Waals surface area contributed by atoms with E-state index in [-0.39, 0.29) is 22.6 Å². The molecule has 216 valence electrons. The fourth-order valence-corrected chi connectivity index (χ4v) is 5.38. The number of carbonyl (C=O) groups is 2. The van der Waals surface area contributed by atoms with E-state index >= 15 is 0 Å². The molecule has 1 aliphatic rings. The molecule has 0 saturated heterocycles. The van der Waals surface area contributed by atoms with Crippen molar-refractivity contribution in [2.45, 2.75) is 56.7 Å². The number of carboxylic acid groups (broad SMARTS) is 1. The number of aryl methyl sites for hydroxylation is 1. The molecule has 6 N–H and O–H groups in total. The molecule has 12 nitrogen and oxygen atoms in total. The topological polar surface area (TPSA) is 204 Å². The van der Waals surface area contributed by atoms with E-state index in [1.165, 1.54) is 36.4 Å². The van der Waals surface area contributed by atoms with Gasteiger partial charge in [0.05, 0.1) is 17.9 Å². The van der Waals surface area contributed by atoms with Crippen molar-refractivity contribution >= 4 is 38.4 Å². The molecule has 0 bridgehead atoms. The van der Waals surface area contributed by atoms with Gasteiger partial charge in [-0.05, 0) is 48.9 Å². The largest absolute Gasteiger partial charge is 0.487 e. The van der Waals surface area contributed by atoms with Crippen LogP contribution in [0.3, 0.4) is 0 Å². The number of ether oxygens (including phenoxy) is 1. The zero-order chi connectivity index (χ0) is 29.4. The van der Waals surface area contributed by atoms with Gasteiger partial charge in [-0.3, -0.25) is 14.3 Å². The number of fused-ring (bicyclic) bond motifs is 1. The second-order valence-electron chi connectivity index (χ2n) is 9.85. The van der Waals surface area contributed by atoms with Crippen molar-refractivity contribution in [2.75, 3.05) is 11.0 Å². The van der Waals surface area contributed by atoms with E-state index in [9.17, 15) is 43.5 Å². The van der Waals surface area contributed by atoms with E-state index < -0.39 is 58.2 Å². The molecule has 1 fully saturated rings. The van der Waals surface area contributed by atoms with Crippen molar-refractivity contribution in [2.24, 2.45) is 5.92 Å². The first-order chi connectivity index (χ1) is 18.8. The fourth-order valence-electron chi connectivity index (χ4n) is 4.82. The Hall–Kier alpha value is -3.49. The minimum atomic E-state index is -3.56. The van der Waals surface area contributed by atoms with Crippen LogP contribution in [0.4, 0.5) is 5.69 Å². The summed E-state index contributed by atoms with van der Waals surface area (Å²) >= 11 is 0. The molecule has 4 rings (SSSR count). The summed E-state index contributed by atoms with van der Waals surface area (Å²) in [4.78, 5) is 25.4. The number of nitrogens with one attached hydrogen (secondary N) is 1. The van der Waals surface area contributed by atoms with Crippen LogP contribution in [-0.2, 0) is 21.2 Å². The van der Waals surface area contributed by atoms with Crippen LogP contribution in [0.5, 0.6) is 5.75 Å². The second kappa shape index (κ2) is 11.6. The fraction of sp³-hybridized carbons (Fsp3) is 0.407. The maximum atomic E-state index is 13.7. The van der Waals surface area contributed by atoms with Crippen LogP contribution < -0.4 is 9.46 Å². The molecule has 6 atom stereocenters. The molecule has 0 spiro atoms. The third kappa shape index (κ3) is 5.98. The van der Waals surface area contributed by atoms with Crippen molar-refractivity contribution in [1.29, 1.82) is 0 Å². The summed E-state index contributed by atoms with van der Waals surface area (Å²) in [6, 6.07) is 10.2. The van der Waals surface area contributed by atoms with Gasteiger partial charge in [-0.2, -0.15) is 0 Å². The first kappa shape index (κ1) is 29.5. The number of hydrogen-bond acceptors (Lipinski definition) is 10. The third-order valence-corrected chi connectivity index (χ3v) is 7.44. The van der Waals surface area contributed by atoms with E-state index in [1.807, 2.05) is 6.92 Å². The minimum absolute atomic E-state index is 0.0468. The van der Waals surface area contributed by atoms with E-state index in [1.54, 1.807) is 6.07 Å². The van der Waals surface area contributed by atoms with Crippen molar-refractivity contribution in [3.8, 4) is 5.75 Å². The van der Waals surface area contributed by atoms with Gasteiger partial charge in [0.1, 0.15) is 47.4 Å². The summed E-state index contributed by atoms with van der Waals surface area (Å²) in [6.07, 6.45) is -5.91. The molecular formula is C27H31NO11S. The SMILES string of the molecule is CCCCc1oc2ccc(NS(C)(=O)=O)cc2c1C(=O)c1ccc(OC2C(O)[C@H](O)[C@@H](O)[C@H](O)[C@H]2C(=O)O)cc1. The number of aliphatic hydroxyl groups excluding tert-OH is 4. The molecule has 0 radical (unpaired) electrons. The average Bonchev–Trinajstić information content (AvgIpc) is 3.25. The summed E-state index contributed by atoms with van der Waals surface area (Å²) in [5, 5.41) is 50.3. The second-order valence-corrected chi connectivity index (χ2v) is 11.6. The lowest BCUT2D eigenvalue weighted by molar-refractivity contribution is -0.206.